The third-order valence-corrected chi connectivity index (χ3v) is 3.11. The Hall–Kier alpha value is -1.79. The second kappa shape index (κ2) is 5.70. The van der Waals surface area contributed by atoms with Crippen molar-refractivity contribution in [2.45, 2.75) is 6.42 Å². The first-order valence-electron chi connectivity index (χ1n) is 5.84. The van der Waals surface area contributed by atoms with Crippen LogP contribution in [0.2, 0.25) is 5.02 Å². The van der Waals surface area contributed by atoms with Crippen LogP contribution in [0.25, 0.3) is 11.1 Å². The summed E-state index contributed by atoms with van der Waals surface area (Å²) in [6, 6.07) is 17.9. The van der Waals surface area contributed by atoms with Crippen LogP contribution in [0.1, 0.15) is 17.5 Å². The van der Waals surface area contributed by atoms with Gasteiger partial charge in [0.15, 0.2) is 0 Å². The van der Waals surface area contributed by atoms with Crippen molar-refractivity contribution in [3.8, 4) is 0 Å². The van der Waals surface area contributed by atoms with Gasteiger partial charge in [0.25, 0.3) is 0 Å². The van der Waals surface area contributed by atoms with Crippen LogP contribution < -0.4 is 0 Å². The molecule has 0 heterocycles. The van der Waals surface area contributed by atoms with E-state index in [0.717, 1.165) is 33.7 Å². The topological polar surface area (TPSA) is 0 Å². The number of rotatable bonds is 4. The summed E-state index contributed by atoms with van der Waals surface area (Å²) in [7, 11) is 0. The third kappa shape index (κ3) is 3.12. The molecule has 2 rings (SSSR count). The van der Waals surface area contributed by atoms with Gasteiger partial charge >= 0.3 is 0 Å². The summed E-state index contributed by atoms with van der Waals surface area (Å²) < 4.78 is 0. The normalized spacial score (nSPS) is 10.1. The average molecular weight is 255 g/mol. The van der Waals surface area contributed by atoms with Gasteiger partial charge in [-0.1, -0.05) is 67.2 Å². The molecule has 0 aliphatic rings. The monoisotopic (exact) mass is 254 g/mol. The van der Waals surface area contributed by atoms with Crippen molar-refractivity contribution in [2.24, 2.45) is 0 Å². The summed E-state index contributed by atoms with van der Waals surface area (Å²) in [6.45, 7) is 8.24. The van der Waals surface area contributed by atoms with E-state index in [1.165, 1.54) is 0 Å². The van der Waals surface area contributed by atoms with Gasteiger partial charge < -0.3 is 0 Å². The van der Waals surface area contributed by atoms with Gasteiger partial charge in [-0.25, -0.2) is 0 Å². The van der Waals surface area contributed by atoms with Crippen LogP contribution in [0.3, 0.4) is 0 Å². The van der Waals surface area contributed by atoms with E-state index in [0.29, 0.717) is 0 Å². The van der Waals surface area contributed by atoms with Crippen LogP contribution in [-0.2, 0) is 0 Å². The van der Waals surface area contributed by atoms with Crippen molar-refractivity contribution in [3.63, 3.8) is 0 Å². The minimum atomic E-state index is 0.744. The Balaban J connectivity index is 2.08. The first-order chi connectivity index (χ1) is 8.66. The molecule has 0 saturated carbocycles. The Morgan fingerprint density at radius 3 is 1.83 bits per heavy atom. The molecular formula is C17H15Cl. The molecule has 0 saturated heterocycles. The van der Waals surface area contributed by atoms with Gasteiger partial charge in [0.2, 0.25) is 0 Å². The van der Waals surface area contributed by atoms with Gasteiger partial charge in [-0.15, -0.1) is 0 Å². The first-order valence-corrected chi connectivity index (χ1v) is 6.21. The van der Waals surface area contributed by atoms with Gasteiger partial charge in [-0.2, -0.15) is 0 Å². The van der Waals surface area contributed by atoms with E-state index in [9.17, 15) is 0 Å². The fourth-order valence-electron chi connectivity index (χ4n) is 1.82. The molecule has 0 radical (unpaired) electrons. The number of benzene rings is 2. The Kier molecular flexibility index (Phi) is 4.01. The number of allylic oxidation sites excluding steroid dienone is 2. The van der Waals surface area contributed by atoms with Crippen LogP contribution >= 0.6 is 11.6 Å². The van der Waals surface area contributed by atoms with E-state index in [4.69, 9.17) is 11.6 Å². The average Bonchev–Trinajstić information content (AvgIpc) is 2.40. The molecule has 0 bridgehead atoms. The maximum absolute atomic E-state index is 5.87. The molecule has 0 unspecified atom stereocenters. The van der Waals surface area contributed by atoms with Gasteiger partial charge in [0.05, 0.1) is 0 Å². The van der Waals surface area contributed by atoms with Crippen molar-refractivity contribution < 1.29 is 0 Å². The summed E-state index contributed by atoms with van der Waals surface area (Å²) in [5, 5.41) is 0.744. The van der Waals surface area contributed by atoms with E-state index < -0.39 is 0 Å². The molecule has 0 N–H and O–H groups in total. The quantitative estimate of drug-likeness (QED) is 0.680. The standard InChI is InChI=1S/C17H15Cl/c1-13(15-6-4-3-5-7-15)12-14(2)16-8-10-17(18)11-9-16/h3-11H,1-2,12H2. The fourth-order valence-corrected chi connectivity index (χ4v) is 1.95. The molecule has 0 aromatic heterocycles. The van der Waals surface area contributed by atoms with Gasteiger partial charge in [0.1, 0.15) is 0 Å². The number of hydrogen-bond acceptors (Lipinski definition) is 0. The van der Waals surface area contributed by atoms with Crippen LogP contribution in [-0.4, -0.2) is 0 Å². The van der Waals surface area contributed by atoms with Gasteiger partial charge in [0, 0.05) is 5.02 Å². The number of halogens is 1. The Morgan fingerprint density at radius 2 is 1.28 bits per heavy atom. The highest BCUT2D eigenvalue weighted by Gasteiger charge is 2.03. The molecule has 18 heavy (non-hydrogen) atoms. The highest BCUT2D eigenvalue weighted by atomic mass is 35.5. The summed E-state index contributed by atoms with van der Waals surface area (Å²) >= 11 is 5.87. The highest BCUT2D eigenvalue weighted by molar-refractivity contribution is 6.30. The van der Waals surface area contributed by atoms with Crippen molar-refractivity contribution in [2.75, 3.05) is 0 Å². The number of hydrogen-bond donors (Lipinski definition) is 0. The summed E-state index contributed by atoms with van der Waals surface area (Å²) in [5.74, 6) is 0. The Bertz CT molecular complexity index is 550. The molecule has 2 aromatic carbocycles. The molecule has 0 amide bonds. The zero-order chi connectivity index (χ0) is 13.0. The van der Waals surface area contributed by atoms with E-state index in [1.54, 1.807) is 0 Å². The molecule has 90 valence electrons. The maximum Gasteiger partial charge on any atom is 0.0406 e. The van der Waals surface area contributed by atoms with E-state index in [1.807, 2.05) is 42.5 Å². The molecular weight excluding hydrogens is 240 g/mol. The van der Waals surface area contributed by atoms with Crippen molar-refractivity contribution in [1.82, 2.24) is 0 Å². The van der Waals surface area contributed by atoms with E-state index >= 15 is 0 Å². The van der Waals surface area contributed by atoms with Crippen LogP contribution in [0, 0.1) is 0 Å². The lowest BCUT2D eigenvalue weighted by Gasteiger charge is -2.09. The lowest BCUT2D eigenvalue weighted by atomic mass is 9.96. The van der Waals surface area contributed by atoms with Gasteiger partial charge in [-0.3, -0.25) is 0 Å². The van der Waals surface area contributed by atoms with Crippen LogP contribution in [0.4, 0.5) is 0 Å². The molecule has 0 aliphatic carbocycles. The molecule has 0 aliphatic heterocycles. The van der Waals surface area contributed by atoms with Crippen molar-refractivity contribution in [1.29, 1.82) is 0 Å². The third-order valence-electron chi connectivity index (χ3n) is 2.86. The van der Waals surface area contributed by atoms with Crippen LogP contribution in [0.15, 0.2) is 67.8 Å². The fraction of sp³-hybridized carbons (Fsp3) is 0.0588. The largest absolute Gasteiger partial charge is 0.0949 e. The lowest BCUT2D eigenvalue weighted by molar-refractivity contribution is 1.40. The molecule has 0 nitrogen and oxygen atoms in total. The smallest absolute Gasteiger partial charge is 0.0406 e. The molecule has 0 spiro atoms. The Labute approximate surface area is 113 Å². The highest BCUT2D eigenvalue weighted by Crippen LogP contribution is 2.26. The van der Waals surface area contributed by atoms with Crippen molar-refractivity contribution in [3.05, 3.63) is 83.9 Å². The zero-order valence-electron chi connectivity index (χ0n) is 10.2. The molecule has 1 heteroatoms. The first kappa shape index (κ1) is 12.7. The predicted octanol–water partition coefficient (Wildman–Crippen LogP) is 5.46. The zero-order valence-corrected chi connectivity index (χ0v) is 11.0. The SMILES string of the molecule is C=C(CC(=C)c1ccc(Cl)cc1)c1ccccc1. The molecule has 2 aromatic rings. The Morgan fingerprint density at radius 1 is 0.778 bits per heavy atom. The summed E-state index contributed by atoms with van der Waals surface area (Å²) in [4.78, 5) is 0. The minimum absolute atomic E-state index is 0.744. The molecule has 0 atom stereocenters. The lowest BCUT2D eigenvalue weighted by Crippen LogP contribution is -1.87. The van der Waals surface area contributed by atoms with E-state index in [-0.39, 0.29) is 0 Å². The van der Waals surface area contributed by atoms with Crippen LogP contribution in [0.5, 0.6) is 0 Å². The van der Waals surface area contributed by atoms with Crippen molar-refractivity contribution >= 4 is 22.7 Å². The van der Waals surface area contributed by atoms with Gasteiger partial charge in [-0.05, 0) is 40.8 Å². The second-order valence-corrected chi connectivity index (χ2v) is 4.69. The minimum Gasteiger partial charge on any atom is -0.0949 e. The predicted molar refractivity (Wildman–Crippen MR) is 80.6 cm³/mol. The molecule has 0 fully saturated rings. The maximum atomic E-state index is 5.87. The summed E-state index contributed by atoms with van der Waals surface area (Å²) in [5.41, 5.74) is 4.40. The van der Waals surface area contributed by atoms with E-state index in [2.05, 4.69) is 25.3 Å². The summed E-state index contributed by atoms with van der Waals surface area (Å²) in [6.07, 6.45) is 0.769. The second-order valence-electron chi connectivity index (χ2n) is 4.26.